The fraction of sp³-hybridized carbons (Fsp3) is 1.00. The van der Waals surface area contributed by atoms with Gasteiger partial charge in [-0.3, -0.25) is 5.73 Å². The molecule has 0 saturated heterocycles. The topological polar surface area (TPSA) is 26.0 Å². The van der Waals surface area contributed by atoms with Gasteiger partial charge in [-0.25, -0.2) is 4.39 Å². The molecule has 0 aliphatic heterocycles. The largest absolute Gasteiger partial charge is 0.330 e. The van der Waals surface area contributed by atoms with Crippen LogP contribution in [0.25, 0.3) is 0 Å². The number of hydrogen-bond acceptors (Lipinski definition) is 1. The summed E-state index contributed by atoms with van der Waals surface area (Å²) in [4.78, 5) is 0. The number of alkyl halides is 3. The van der Waals surface area contributed by atoms with Crippen molar-refractivity contribution < 1.29 is 13.2 Å². The maximum atomic E-state index is 12.0. The maximum Gasteiger partial charge on any atom is 0.330 e. The van der Waals surface area contributed by atoms with Gasteiger partial charge in [0.2, 0.25) is 0 Å². The third-order valence-corrected chi connectivity index (χ3v) is 0.960. The molecule has 0 aromatic heterocycles. The number of nitrogens with two attached hydrogens (primary N) is 1. The lowest BCUT2D eigenvalue weighted by molar-refractivity contribution is -0.0692. The van der Waals surface area contributed by atoms with E-state index in [4.69, 9.17) is 0 Å². The molecule has 4 heteroatoms. The maximum absolute atomic E-state index is 12.0. The Morgan fingerprint density at radius 2 is 2.00 bits per heavy atom. The van der Waals surface area contributed by atoms with Gasteiger partial charge in [-0.15, -0.1) is 0 Å². The summed E-state index contributed by atoms with van der Waals surface area (Å²) in [6.07, 6.45) is -1.99. The van der Waals surface area contributed by atoms with E-state index >= 15 is 0 Å². The monoisotopic (exact) mass is 141 g/mol. The molecule has 0 fully saturated rings. The Balaban J connectivity index is 3.59. The van der Waals surface area contributed by atoms with Gasteiger partial charge in [0.25, 0.3) is 0 Å². The minimum atomic E-state index is -3.66. The Morgan fingerprint density at radius 3 is 2.11 bits per heavy atom. The molecule has 0 aromatic rings. The standard InChI is InChI=1S/C5H10F3N/c1-2-3-4(6)5(7,8)9/h4H,2-3,9H2,1H3. The number of hydrogen-bond donors (Lipinski definition) is 1. The van der Waals surface area contributed by atoms with Crippen molar-refractivity contribution in [1.82, 2.24) is 0 Å². The highest BCUT2D eigenvalue weighted by molar-refractivity contribution is 4.68. The molecule has 9 heavy (non-hydrogen) atoms. The Bertz CT molecular complexity index is 78.8. The van der Waals surface area contributed by atoms with Crippen molar-refractivity contribution in [2.75, 3.05) is 0 Å². The van der Waals surface area contributed by atoms with Gasteiger partial charge in [0.15, 0.2) is 6.17 Å². The lowest BCUT2D eigenvalue weighted by Crippen LogP contribution is -2.39. The van der Waals surface area contributed by atoms with Crippen molar-refractivity contribution in [3.63, 3.8) is 0 Å². The van der Waals surface area contributed by atoms with Crippen LogP contribution in [-0.2, 0) is 0 Å². The second-order valence-corrected chi connectivity index (χ2v) is 1.93. The highest BCUT2D eigenvalue weighted by atomic mass is 19.3. The van der Waals surface area contributed by atoms with Crippen LogP contribution in [0.3, 0.4) is 0 Å². The van der Waals surface area contributed by atoms with Crippen LogP contribution in [0.15, 0.2) is 0 Å². The van der Waals surface area contributed by atoms with Crippen LogP contribution in [0.4, 0.5) is 13.2 Å². The molecule has 1 atom stereocenters. The van der Waals surface area contributed by atoms with E-state index in [1.165, 1.54) is 0 Å². The quantitative estimate of drug-likeness (QED) is 0.594. The summed E-state index contributed by atoms with van der Waals surface area (Å²) < 4.78 is 35.4. The molecule has 1 nitrogen and oxygen atoms in total. The van der Waals surface area contributed by atoms with Crippen molar-refractivity contribution in [2.45, 2.75) is 32.0 Å². The zero-order valence-electron chi connectivity index (χ0n) is 5.20. The Labute approximate surface area is 52.0 Å². The molecule has 0 spiro atoms. The smallest absolute Gasteiger partial charge is 0.270 e. The van der Waals surface area contributed by atoms with E-state index in [1.807, 2.05) is 0 Å². The molecular weight excluding hydrogens is 131 g/mol. The number of rotatable bonds is 3. The van der Waals surface area contributed by atoms with Crippen LogP contribution in [-0.4, -0.2) is 12.2 Å². The van der Waals surface area contributed by atoms with Gasteiger partial charge < -0.3 is 0 Å². The molecule has 0 aromatic carbocycles. The summed E-state index contributed by atoms with van der Waals surface area (Å²) in [5, 5.41) is 0. The first-order valence-corrected chi connectivity index (χ1v) is 2.79. The van der Waals surface area contributed by atoms with E-state index < -0.39 is 12.2 Å². The lowest BCUT2D eigenvalue weighted by atomic mass is 10.2. The lowest BCUT2D eigenvalue weighted by Gasteiger charge is -2.13. The van der Waals surface area contributed by atoms with Crippen LogP contribution >= 0.6 is 0 Å². The van der Waals surface area contributed by atoms with Gasteiger partial charge in [0.1, 0.15) is 0 Å². The third kappa shape index (κ3) is 3.35. The molecule has 0 radical (unpaired) electrons. The minimum absolute atomic E-state index is 0.177. The van der Waals surface area contributed by atoms with Crippen molar-refractivity contribution in [3.05, 3.63) is 0 Å². The molecule has 0 amide bonds. The summed E-state index contributed by atoms with van der Waals surface area (Å²) in [7, 11) is 0. The Hall–Kier alpha value is -0.250. The van der Waals surface area contributed by atoms with Crippen molar-refractivity contribution >= 4 is 0 Å². The number of halogens is 3. The third-order valence-electron chi connectivity index (χ3n) is 0.960. The van der Waals surface area contributed by atoms with Crippen LogP contribution in [0, 0.1) is 0 Å². The highest BCUT2D eigenvalue weighted by Gasteiger charge is 2.33. The predicted octanol–water partition coefficient (Wildman–Crippen LogP) is 1.68. The molecule has 0 heterocycles. The Kier molecular flexibility index (Phi) is 2.97. The van der Waals surface area contributed by atoms with E-state index in [1.54, 1.807) is 6.92 Å². The Morgan fingerprint density at radius 1 is 1.56 bits per heavy atom. The van der Waals surface area contributed by atoms with E-state index in [9.17, 15) is 13.2 Å². The molecule has 0 bridgehead atoms. The summed E-state index contributed by atoms with van der Waals surface area (Å²) in [6, 6.07) is -3.66. The predicted molar refractivity (Wildman–Crippen MR) is 28.9 cm³/mol. The van der Waals surface area contributed by atoms with E-state index in [2.05, 4.69) is 5.73 Å². The summed E-state index contributed by atoms with van der Waals surface area (Å²) in [6.45, 7) is 1.62. The van der Waals surface area contributed by atoms with Gasteiger partial charge in [-0.1, -0.05) is 13.3 Å². The van der Waals surface area contributed by atoms with Crippen LogP contribution < -0.4 is 5.73 Å². The highest BCUT2D eigenvalue weighted by Crippen LogP contribution is 2.18. The second-order valence-electron chi connectivity index (χ2n) is 1.93. The van der Waals surface area contributed by atoms with Crippen molar-refractivity contribution in [2.24, 2.45) is 5.73 Å². The first kappa shape index (κ1) is 8.75. The normalized spacial score (nSPS) is 15.7. The van der Waals surface area contributed by atoms with Crippen LogP contribution in [0.1, 0.15) is 19.8 Å². The zero-order valence-corrected chi connectivity index (χ0v) is 5.20. The first-order chi connectivity index (χ1) is 3.98. The average molecular weight is 141 g/mol. The van der Waals surface area contributed by atoms with Crippen LogP contribution in [0.5, 0.6) is 0 Å². The summed E-state index contributed by atoms with van der Waals surface area (Å²) in [5.41, 5.74) is 4.16. The molecule has 2 N–H and O–H groups in total. The summed E-state index contributed by atoms with van der Waals surface area (Å²) >= 11 is 0. The van der Waals surface area contributed by atoms with Gasteiger partial charge in [-0.05, 0) is 6.42 Å². The van der Waals surface area contributed by atoms with E-state index in [0.29, 0.717) is 6.42 Å². The molecular formula is C5H10F3N. The second kappa shape index (κ2) is 3.06. The van der Waals surface area contributed by atoms with E-state index in [-0.39, 0.29) is 6.42 Å². The zero-order chi connectivity index (χ0) is 7.49. The molecule has 1 unspecified atom stereocenters. The van der Waals surface area contributed by atoms with Gasteiger partial charge >= 0.3 is 6.05 Å². The van der Waals surface area contributed by atoms with Gasteiger partial charge in [0, 0.05) is 0 Å². The van der Waals surface area contributed by atoms with Crippen molar-refractivity contribution in [1.29, 1.82) is 0 Å². The minimum Gasteiger partial charge on any atom is -0.270 e. The fourth-order valence-electron chi connectivity index (χ4n) is 0.446. The van der Waals surface area contributed by atoms with Gasteiger partial charge in [0.05, 0.1) is 0 Å². The van der Waals surface area contributed by atoms with E-state index in [0.717, 1.165) is 0 Å². The molecule has 0 rings (SSSR count). The SMILES string of the molecule is CCCC(F)C(N)(F)F. The summed E-state index contributed by atoms with van der Waals surface area (Å²) in [5.74, 6) is 0. The first-order valence-electron chi connectivity index (χ1n) is 2.79. The molecule has 0 saturated carbocycles. The molecule has 0 aliphatic rings. The van der Waals surface area contributed by atoms with Crippen LogP contribution in [0.2, 0.25) is 0 Å². The molecule has 56 valence electrons. The average Bonchev–Trinajstić information content (AvgIpc) is 1.64. The fourth-order valence-corrected chi connectivity index (χ4v) is 0.446. The molecule has 0 aliphatic carbocycles. The van der Waals surface area contributed by atoms with Gasteiger partial charge in [-0.2, -0.15) is 8.78 Å². The van der Waals surface area contributed by atoms with Crippen molar-refractivity contribution in [3.8, 4) is 0 Å².